The second-order valence-corrected chi connectivity index (χ2v) is 14.2. The Bertz CT molecular complexity index is 3110. The fraction of sp³-hybridized carbons (Fsp3) is 0. The quantitative estimate of drug-likeness (QED) is 0.168. The van der Waals surface area contributed by atoms with Crippen LogP contribution in [0.15, 0.2) is 212 Å². The molecule has 0 fully saturated rings. The number of hydrogen-bond acceptors (Lipinski definition) is 1. The molecule has 2 aromatic heterocycles. The number of hydrogen-bond donors (Lipinski definition) is 0. The summed E-state index contributed by atoms with van der Waals surface area (Å²) >= 11 is 0. The van der Waals surface area contributed by atoms with Crippen LogP contribution in [0.2, 0.25) is 0 Å². The van der Waals surface area contributed by atoms with E-state index in [2.05, 4.69) is 226 Å². The van der Waals surface area contributed by atoms with Gasteiger partial charge in [-0.25, -0.2) is 0 Å². The number of aromatic nitrogens is 2. The summed E-state index contributed by atoms with van der Waals surface area (Å²) in [4.78, 5) is 2.37. The SMILES string of the molecule is c1ccc(-c2cc3c(ccc4c5ccccc5n(-c5ccc(N(c6ccc7ccccc7c6)c6ccc7ccccc7c6)cc5)c43)n2-c2ccccc2)cc1. The molecule has 0 saturated heterocycles. The molecule has 0 bridgehead atoms. The van der Waals surface area contributed by atoms with Gasteiger partial charge in [-0.05, 0) is 106 Å². The minimum absolute atomic E-state index is 1.10. The molecule has 0 spiro atoms. The summed E-state index contributed by atoms with van der Waals surface area (Å²) < 4.78 is 4.86. The summed E-state index contributed by atoms with van der Waals surface area (Å²) in [6.45, 7) is 0. The summed E-state index contributed by atoms with van der Waals surface area (Å²) in [5.41, 5.74) is 11.5. The highest BCUT2D eigenvalue weighted by Gasteiger charge is 2.21. The fourth-order valence-electron chi connectivity index (χ4n) is 8.52. The van der Waals surface area contributed by atoms with Gasteiger partial charge >= 0.3 is 0 Å². The molecule has 0 N–H and O–H groups in total. The van der Waals surface area contributed by atoms with Crippen molar-refractivity contribution in [2.24, 2.45) is 0 Å². The molecule has 0 aliphatic carbocycles. The monoisotopic (exact) mass is 701 g/mol. The van der Waals surface area contributed by atoms with Crippen LogP contribution >= 0.6 is 0 Å². The molecule has 3 nitrogen and oxygen atoms in total. The molecule has 2 heterocycles. The van der Waals surface area contributed by atoms with Crippen LogP contribution in [0.3, 0.4) is 0 Å². The minimum atomic E-state index is 1.10. The largest absolute Gasteiger partial charge is 0.310 e. The van der Waals surface area contributed by atoms with E-state index in [9.17, 15) is 0 Å². The Balaban J connectivity index is 1.13. The first-order valence-electron chi connectivity index (χ1n) is 18.9. The van der Waals surface area contributed by atoms with Gasteiger partial charge in [0.2, 0.25) is 0 Å². The van der Waals surface area contributed by atoms with Crippen molar-refractivity contribution in [2.45, 2.75) is 0 Å². The maximum Gasteiger partial charge on any atom is 0.0635 e. The van der Waals surface area contributed by atoms with E-state index in [1.165, 1.54) is 65.5 Å². The highest BCUT2D eigenvalue weighted by molar-refractivity contribution is 6.19. The molecule has 11 rings (SSSR count). The maximum absolute atomic E-state index is 2.46. The smallest absolute Gasteiger partial charge is 0.0635 e. The average Bonchev–Trinajstić information content (AvgIpc) is 3.81. The third-order valence-corrected chi connectivity index (χ3v) is 11.0. The highest BCUT2D eigenvalue weighted by atomic mass is 15.1. The van der Waals surface area contributed by atoms with Gasteiger partial charge in [-0.15, -0.1) is 0 Å². The van der Waals surface area contributed by atoms with Crippen LogP contribution in [-0.2, 0) is 0 Å². The van der Waals surface area contributed by atoms with E-state index in [1.807, 2.05) is 0 Å². The molecule has 258 valence electrons. The second-order valence-electron chi connectivity index (χ2n) is 14.2. The molecule has 3 heteroatoms. The Morgan fingerprint density at radius 2 is 0.836 bits per heavy atom. The molecule has 9 aromatic carbocycles. The number of rotatable bonds is 6. The van der Waals surface area contributed by atoms with E-state index in [0.29, 0.717) is 0 Å². The fourth-order valence-corrected chi connectivity index (χ4v) is 8.52. The molecular weight excluding hydrogens is 667 g/mol. The van der Waals surface area contributed by atoms with Gasteiger partial charge in [0.05, 0.1) is 22.2 Å². The molecule has 11 aromatic rings. The van der Waals surface area contributed by atoms with Gasteiger partial charge in [0.25, 0.3) is 0 Å². The van der Waals surface area contributed by atoms with E-state index in [0.717, 1.165) is 28.4 Å². The van der Waals surface area contributed by atoms with Crippen LogP contribution in [0.25, 0.3) is 76.9 Å². The number of para-hydroxylation sites is 2. The normalized spacial score (nSPS) is 11.6. The number of benzene rings is 9. The van der Waals surface area contributed by atoms with Crippen molar-refractivity contribution < 1.29 is 0 Å². The predicted molar refractivity (Wildman–Crippen MR) is 233 cm³/mol. The topological polar surface area (TPSA) is 13.1 Å². The Hall–Kier alpha value is -7.36. The van der Waals surface area contributed by atoms with Gasteiger partial charge in [-0.2, -0.15) is 0 Å². The Labute approximate surface area is 319 Å². The third kappa shape index (κ3) is 5.13. The number of fused-ring (bicyclic) bond motifs is 7. The molecule has 0 amide bonds. The van der Waals surface area contributed by atoms with E-state index in [4.69, 9.17) is 0 Å². The van der Waals surface area contributed by atoms with Crippen molar-refractivity contribution in [3.63, 3.8) is 0 Å². The minimum Gasteiger partial charge on any atom is -0.310 e. The van der Waals surface area contributed by atoms with Crippen molar-refractivity contribution in [2.75, 3.05) is 4.90 Å². The molecule has 0 radical (unpaired) electrons. The first-order chi connectivity index (χ1) is 27.3. The summed E-state index contributed by atoms with van der Waals surface area (Å²) in [5, 5.41) is 8.60. The highest BCUT2D eigenvalue weighted by Crippen LogP contribution is 2.42. The van der Waals surface area contributed by atoms with E-state index in [1.54, 1.807) is 0 Å². The van der Waals surface area contributed by atoms with Crippen LogP contribution in [0, 0.1) is 0 Å². The van der Waals surface area contributed by atoms with Gasteiger partial charge in [-0.1, -0.05) is 133 Å². The zero-order valence-corrected chi connectivity index (χ0v) is 30.0. The van der Waals surface area contributed by atoms with Gasteiger partial charge in [-0.3, -0.25) is 0 Å². The van der Waals surface area contributed by atoms with Gasteiger partial charge < -0.3 is 14.0 Å². The lowest BCUT2D eigenvalue weighted by atomic mass is 10.1. The first kappa shape index (κ1) is 31.2. The molecule has 55 heavy (non-hydrogen) atoms. The van der Waals surface area contributed by atoms with Gasteiger partial charge in [0.15, 0.2) is 0 Å². The van der Waals surface area contributed by atoms with Crippen LogP contribution in [0.4, 0.5) is 17.1 Å². The number of nitrogens with zero attached hydrogens (tertiary/aromatic N) is 3. The van der Waals surface area contributed by atoms with Crippen LogP contribution in [0.1, 0.15) is 0 Å². The van der Waals surface area contributed by atoms with Crippen LogP contribution < -0.4 is 4.90 Å². The lowest BCUT2D eigenvalue weighted by Gasteiger charge is -2.26. The first-order valence-corrected chi connectivity index (χ1v) is 18.9. The molecule has 0 aliphatic heterocycles. The Morgan fingerprint density at radius 3 is 1.51 bits per heavy atom. The molecular formula is C52H35N3. The zero-order valence-electron chi connectivity index (χ0n) is 30.0. The second kappa shape index (κ2) is 12.6. The summed E-state index contributed by atoms with van der Waals surface area (Å²) in [6, 6.07) is 77.0. The van der Waals surface area contributed by atoms with Crippen molar-refractivity contribution >= 4 is 71.3 Å². The van der Waals surface area contributed by atoms with Gasteiger partial charge in [0.1, 0.15) is 0 Å². The molecule has 0 unspecified atom stereocenters. The zero-order chi connectivity index (χ0) is 36.3. The number of anilines is 3. The van der Waals surface area contributed by atoms with Gasteiger partial charge in [0, 0.05) is 44.6 Å². The van der Waals surface area contributed by atoms with E-state index >= 15 is 0 Å². The Morgan fingerprint density at radius 1 is 0.309 bits per heavy atom. The molecule has 0 atom stereocenters. The maximum atomic E-state index is 2.46. The van der Waals surface area contributed by atoms with Crippen molar-refractivity contribution in [3.8, 4) is 22.6 Å². The Kier molecular flexibility index (Phi) is 7.17. The molecule has 0 saturated carbocycles. The van der Waals surface area contributed by atoms with Crippen molar-refractivity contribution in [1.82, 2.24) is 9.13 Å². The average molecular weight is 702 g/mol. The van der Waals surface area contributed by atoms with Crippen molar-refractivity contribution in [3.05, 3.63) is 212 Å². The van der Waals surface area contributed by atoms with Crippen molar-refractivity contribution in [1.29, 1.82) is 0 Å². The van der Waals surface area contributed by atoms with Crippen LogP contribution in [0.5, 0.6) is 0 Å². The molecule has 0 aliphatic rings. The third-order valence-electron chi connectivity index (χ3n) is 11.0. The van der Waals surface area contributed by atoms with E-state index in [-0.39, 0.29) is 0 Å². The summed E-state index contributed by atoms with van der Waals surface area (Å²) in [6.07, 6.45) is 0. The van der Waals surface area contributed by atoms with E-state index < -0.39 is 0 Å². The predicted octanol–water partition coefficient (Wildman–Crippen LogP) is 14.2. The summed E-state index contributed by atoms with van der Waals surface area (Å²) in [7, 11) is 0. The standard InChI is InChI=1S/C52H35N3/c1-3-15-38(16-4-1)51-35-48-50(54(51)41-19-5-2-6-20-41)32-31-47-46-21-11-12-22-49(46)55(52(47)48)43-29-27-42(28-30-43)53(44-25-23-36-13-7-9-17-39(36)33-44)45-26-24-37-14-8-10-18-40(37)34-45/h1-35H. The lowest BCUT2D eigenvalue weighted by Crippen LogP contribution is -2.10. The summed E-state index contributed by atoms with van der Waals surface area (Å²) in [5.74, 6) is 0. The van der Waals surface area contributed by atoms with Crippen LogP contribution in [-0.4, -0.2) is 9.13 Å². The lowest BCUT2D eigenvalue weighted by molar-refractivity contribution is 1.13.